The van der Waals surface area contributed by atoms with Gasteiger partial charge in [0.2, 0.25) is 0 Å². The predicted octanol–water partition coefficient (Wildman–Crippen LogP) is 4.95. The number of methoxy groups -OCH3 is 1. The highest BCUT2D eigenvalue weighted by molar-refractivity contribution is 8.18. The maximum atomic E-state index is 12.3. The van der Waals surface area contributed by atoms with Crippen molar-refractivity contribution in [2.45, 2.75) is 13.8 Å². The minimum Gasteiger partial charge on any atom is -0.493 e. The van der Waals surface area contributed by atoms with E-state index in [9.17, 15) is 4.79 Å². The van der Waals surface area contributed by atoms with Gasteiger partial charge < -0.3 is 14.8 Å². The van der Waals surface area contributed by atoms with Crippen LogP contribution in [0.2, 0.25) is 5.02 Å². The van der Waals surface area contributed by atoms with Crippen molar-refractivity contribution in [3.63, 3.8) is 0 Å². The Morgan fingerprint density at radius 1 is 1.26 bits per heavy atom. The molecule has 1 fully saturated rings. The summed E-state index contributed by atoms with van der Waals surface area (Å²) in [5, 5.41) is 3.75. The molecule has 1 aliphatic heterocycles. The van der Waals surface area contributed by atoms with Crippen LogP contribution in [-0.2, 0) is 4.79 Å². The fourth-order valence-electron chi connectivity index (χ4n) is 2.48. The lowest BCUT2D eigenvalue weighted by atomic mass is 10.2. The SMILES string of the molecule is CCOc1c(Cl)cc(/C=C2\SC(=Nc3ccc(C)cc3)NC2=O)cc1OC. The first-order valence-corrected chi connectivity index (χ1v) is 9.56. The van der Waals surface area contributed by atoms with E-state index in [1.807, 2.05) is 38.1 Å². The van der Waals surface area contributed by atoms with Gasteiger partial charge in [-0.25, -0.2) is 4.99 Å². The molecule has 1 amide bonds. The minimum atomic E-state index is -0.199. The highest BCUT2D eigenvalue weighted by atomic mass is 35.5. The van der Waals surface area contributed by atoms with Crippen molar-refractivity contribution in [2.24, 2.45) is 4.99 Å². The number of amides is 1. The third kappa shape index (κ3) is 4.64. The summed E-state index contributed by atoms with van der Waals surface area (Å²) in [7, 11) is 1.55. The van der Waals surface area contributed by atoms with E-state index in [1.165, 1.54) is 11.8 Å². The van der Waals surface area contributed by atoms with Gasteiger partial charge in [0.25, 0.3) is 5.91 Å². The van der Waals surface area contributed by atoms with Crippen LogP contribution in [0.1, 0.15) is 18.1 Å². The van der Waals surface area contributed by atoms with E-state index in [-0.39, 0.29) is 5.91 Å². The predicted molar refractivity (Wildman–Crippen MR) is 111 cm³/mol. The van der Waals surface area contributed by atoms with Gasteiger partial charge in [-0.15, -0.1) is 0 Å². The molecule has 140 valence electrons. The van der Waals surface area contributed by atoms with Gasteiger partial charge in [0.15, 0.2) is 16.7 Å². The summed E-state index contributed by atoms with van der Waals surface area (Å²) in [6.45, 7) is 4.37. The van der Waals surface area contributed by atoms with Gasteiger partial charge >= 0.3 is 0 Å². The maximum absolute atomic E-state index is 12.3. The number of benzene rings is 2. The molecule has 1 aliphatic rings. The van der Waals surface area contributed by atoms with Crippen molar-refractivity contribution in [2.75, 3.05) is 13.7 Å². The molecule has 1 heterocycles. The highest BCUT2D eigenvalue weighted by Gasteiger charge is 2.24. The van der Waals surface area contributed by atoms with Crippen LogP contribution in [0.3, 0.4) is 0 Å². The molecule has 2 aromatic rings. The molecule has 1 N–H and O–H groups in total. The number of halogens is 1. The molecule has 7 heteroatoms. The number of aliphatic imine (C=N–C) groups is 1. The Bertz CT molecular complexity index is 924. The molecule has 3 rings (SSSR count). The molecule has 5 nitrogen and oxygen atoms in total. The zero-order chi connectivity index (χ0) is 19.4. The molecule has 0 spiro atoms. The average Bonchev–Trinajstić information content (AvgIpc) is 2.98. The minimum absolute atomic E-state index is 0.199. The normalized spacial score (nSPS) is 16.7. The Kier molecular flexibility index (Phi) is 6.08. The number of carbonyl (C=O) groups excluding carboxylic acids is 1. The number of hydrogen-bond acceptors (Lipinski definition) is 5. The number of nitrogens with zero attached hydrogens (tertiary/aromatic N) is 1. The Balaban J connectivity index is 1.86. The van der Waals surface area contributed by atoms with Crippen LogP contribution < -0.4 is 14.8 Å². The maximum Gasteiger partial charge on any atom is 0.264 e. The summed E-state index contributed by atoms with van der Waals surface area (Å²) in [6, 6.07) is 11.3. The Labute approximate surface area is 167 Å². The summed E-state index contributed by atoms with van der Waals surface area (Å²) in [5.41, 5.74) is 2.69. The highest BCUT2D eigenvalue weighted by Crippen LogP contribution is 2.38. The Morgan fingerprint density at radius 2 is 2.00 bits per heavy atom. The molecule has 2 aromatic carbocycles. The quantitative estimate of drug-likeness (QED) is 0.719. The first kappa shape index (κ1) is 19.3. The van der Waals surface area contributed by atoms with E-state index < -0.39 is 0 Å². The molecular formula is C20H19ClN2O3S. The lowest BCUT2D eigenvalue weighted by Crippen LogP contribution is -2.19. The number of thioether (sulfide) groups is 1. The van der Waals surface area contributed by atoms with Crippen molar-refractivity contribution in [3.8, 4) is 11.5 Å². The molecule has 0 aliphatic carbocycles. The van der Waals surface area contributed by atoms with Crippen molar-refractivity contribution in [1.82, 2.24) is 5.32 Å². The van der Waals surface area contributed by atoms with Crippen LogP contribution in [0.15, 0.2) is 46.3 Å². The molecule has 0 atom stereocenters. The monoisotopic (exact) mass is 402 g/mol. The van der Waals surface area contributed by atoms with Gasteiger partial charge in [0, 0.05) is 0 Å². The molecule has 27 heavy (non-hydrogen) atoms. The van der Waals surface area contributed by atoms with Crippen molar-refractivity contribution < 1.29 is 14.3 Å². The average molecular weight is 403 g/mol. The second-order valence-electron chi connectivity index (χ2n) is 5.78. The zero-order valence-electron chi connectivity index (χ0n) is 15.2. The lowest BCUT2D eigenvalue weighted by Gasteiger charge is -2.12. The molecule has 1 saturated heterocycles. The molecule has 0 saturated carbocycles. The van der Waals surface area contributed by atoms with E-state index in [1.54, 1.807) is 25.3 Å². The molecule has 0 bridgehead atoms. The number of rotatable bonds is 5. The fourth-order valence-corrected chi connectivity index (χ4v) is 3.59. The van der Waals surface area contributed by atoms with Gasteiger partial charge in [-0.3, -0.25) is 4.79 Å². The van der Waals surface area contributed by atoms with Crippen LogP contribution in [0, 0.1) is 6.92 Å². The first-order valence-electron chi connectivity index (χ1n) is 8.36. The summed E-state index contributed by atoms with van der Waals surface area (Å²) < 4.78 is 10.9. The van der Waals surface area contributed by atoms with E-state index in [0.717, 1.165) is 16.8 Å². The topological polar surface area (TPSA) is 59.9 Å². The summed E-state index contributed by atoms with van der Waals surface area (Å²) >= 11 is 7.58. The van der Waals surface area contributed by atoms with Crippen molar-refractivity contribution in [3.05, 3.63) is 57.5 Å². The number of nitrogens with one attached hydrogen (secondary N) is 1. The smallest absolute Gasteiger partial charge is 0.264 e. The van der Waals surface area contributed by atoms with Crippen LogP contribution in [0.4, 0.5) is 5.69 Å². The van der Waals surface area contributed by atoms with Gasteiger partial charge in [-0.1, -0.05) is 29.3 Å². The van der Waals surface area contributed by atoms with Gasteiger partial charge in [0.1, 0.15) is 0 Å². The second-order valence-corrected chi connectivity index (χ2v) is 7.22. The molecule has 0 radical (unpaired) electrons. The summed E-state index contributed by atoms with van der Waals surface area (Å²) in [4.78, 5) is 17.3. The number of carbonyl (C=O) groups is 1. The van der Waals surface area contributed by atoms with E-state index in [0.29, 0.717) is 33.2 Å². The number of aryl methyl sites for hydroxylation is 1. The second kappa shape index (κ2) is 8.50. The summed E-state index contributed by atoms with van der Waals surface area (Å²) in [5.74, 6) is 0.817. The van der Waals surface area contributed by atoms with E-state index in [2.05, 4.69) is 10.3 Å². The number of amidine groups is 1. The fraction of sp³-hybridized carbons (Fsp3) is 0.200. The Morgan fingerprint density at radius 3 is 2.67 bits per heavy atom. The standard InChI is InChI=1S/C20H19ClN2O3S/c1-4-26-18-15(21)9-13(10-16(18)25-3)11-17-19(24)23-20(27-17)22-14-7-5-12(2)6-8-14/h5-11H,4H2,1-3H3,(H,22,23,24)/b17-11-. The molecular weight excluding hydrogens is 384 g/mol. The van der Waals surface area contributed by atoms with Gasteiger partial charge in [0.05, 0.1) is 29.3 Å². The summed E-state index contributed by atoms with van der Waals surface area (Å²) in [6.07, 6.45) is 1.75. The van der Waals surface area contributed by atoms with Crippen LogP contribution in [0.25, 0.3) is 6.08 Å². The largest absolute Gasteiger partial charge is 0.493 e. The molecule has 0 aromatic heterocycles. The van der Waals surface area contributed by atoms with Crippen molar-refractivity contribution in [1.29, 1.82) is 0 Å². The Hall–Kier alpha value is -2.44. The van der Waals surface area contributed by atoms with Crippen LogP contribution >= 0.6 is 23.4 Å². The zero-order valence-corrected chi connectivity index (χ0v) is 16.8. The van der Waals surface area contributed by atoms with E-state index in [4.69, 9.17) is 21.1 Å². The lowest BCUT2D eigenvalue weighted by molar-refractivity contribution is -0.115. The number of hydrogen-bond donors (Lipinski definition) is 1. The third-order valence-electron chi connectivity index (χ3n) is 3.75. The molecule has 0 unspecified atom stereocenters. The van der Waals surface area contributed by atoms with Crippen LogP contribution in [0.5, 0.6) is 11.5 Å². The third-order valence-corrected chi connectivity index (χ3v) is 4.94. The van der Waals surface area contributed by atoms with Gasteiger partial charge in [-0.05, 0) is 61.5 Å². The van der Waals surface area contributed by atoms with Crippen molar-refractivity contribution >= 4 is 46.2 Å². The van der Waals surface area contributed by atoms with E-state index >= 15 is 0 Å². The van der Waals surface area contributed by atoms with Gasteiger partial charge in [-0.2, -0.15) is 0 Å². The van der Waals surface area contributed by atoms with Crippen LogP contribution in [-0.4, -0.2) is 24.8 Å². The first-order chi connectivity index (χ1) is 13.0. The number of ether oxygens (including phenoxy) is 2.